The first-order chi connectivity index (χ1) is 15.3. The Kier molecular flexibility index (Phi) is 6.04. The van der Waals surface area contributed by atoms with Crippen molar-refractivity contribution in [3.05, 3.63) is 11.6 Å². The number of hydrogen-bond acceptors (Lipinski definition) is 5. The molecule has 0 N–H and O–H groups in total. The number of hydrogen-bond donors (Lipinski definition) is 0. The Hall–Kier alpha value is -1.18. The van der Waals surface area contributed by atoms with Crippen LogP contribution in [0.15, 0.2) is 11.6 Å². The van der Waals surface area contributed by atoms with Gasteiger partial charge in [0.05, 0.1) is 11.7 Å². The van der Waals surface area contributed by atoms with E-state index in [9.17, 15) is 9.18 Å². The van der Waals surface area contributed by atoms with Gasteiger partial charge in [0.1, 0.15) is 24.0 Å². The molecule has 4 atom stereocenters. The molecule has 32 heavy (non-hydrogen) atoms. The van der Waals surface area contributed by atoms with Crippen molar-refractivity contribution in [2.45, 2.75) is 101 Å². The number of amides is 1. The summed E-state index contributed by atoms with van der Waals surface area (Å²) in [5.74, 6) is 0.523. The zero-order chi connectivity index (χ0) is 22.5. The molecule has 7 heteroatoms. The molecule has 4 heterocycles. The Labute approximate surface area is 191 Å². The van der Waals surface area contributed by atoms with Crippen LogP contribution < -0.4 is 0 Å². The monoisotopic (exact) mass is 450 g/mol. The summed E-state index contributed by atoms with van der Waals surface area (Å²) in [4.78, 5) is 16.5. The van der Waals surface area contributed by atoms with E-state index in [1.165, 1.54) is 5.57 Å². The van der Waals surface area contributed by atoms with Gasteiger partial charge in [-0.25, -0.2) is 9.18 Å². The van der Waals surface area contributed by atoms with Crippen molar-refractivity contribution in [1.29, 1.82) is 0 Å². The van der Waals surface area contributed by atoms with Gasteiger partial charge in [-0.3, -0.25) is 0 Å². The van der Waals surface area contributed by atoms with Crippen LogP contribution in [0.25, 0.3) is 0 Å². The highest BCUT2D eigenvalue weighted by molar-refractivity contribution is 5.68. The van der Waals surface area contributed by atoms with Gasteiger partial charge in [0.15, 0.2) is 0 Å². The second-order valence-corrected chi connectivity index (χ2v) is 11.2. The molecule has 1 aliphatic carbocycles. The number of carbonyl (C=O) groups is 1. The Balaban J connectivity index is 0.985. The van der Waals surface area contributed by atoms with E-state index in [2.05, 4.69) is 31.7 Å². The molecule has 0 radical (unpaired) electrons. The molecule has 1 spiro atoms. The zero-order valence-electron chi connectivity index (χ0n) is 19.9. The minimum atomic E-state index is -0.655. The Bertz CT molecular complexity index is 742. The summed E-state index contributed by atoms with van der Waals surface area (Å²) in [6, 6.07) is 0. The third-order valence-electron chi connectivity index (χ3n) is 8.34. The average molecular weight is 451 g/mol. The van der Waals surface area contributed by atoms with Gasteiger partial charge in [0.2, 0.25) is 0 Å². The SMILES string of the molecule is CC(C)=CC[C@H]1O[C@@]1(C)C1OC12CCC(OC(=O)N1CC(CCN3CC[C@H](F)C3)C1)CC2. The van der Waals surface area contributed by atoms with E-state index < -0.39 is 6.17 Å². The van der Waals surface area contributed by atoms with Crippen molar-refractivity contribution >= 4 is 6.09 Å². The van der Waals surface area contributed by atoms with E-state index in [0.29, 0.717) is 18.9 Å². The molecule has 0 aromatic carbocycles. The third-order valence-corrected chi connectivity index (χ3v) is 8.34. The van der Waals surface area contributed by atoms with Crippen LogP contribution in [0.5, 0.6) is 0 Å². The summed E-state index contributed by atoms with van der Waals surface area (Å²) in [6.45, 7) is 10.4. The number of halogens is 1. The van der Waals surface area contributed by atoms with Gasteiger partial charge >= 0.3 is 6.09 Å². The molecule has 5 fully saturated rings. The Morgan fingerprint density at radius 3 is 2.56 bits per heavy atom. The van der Waals surface area contributed by atoms with Crippen LogP contribution in [0.1, 0.15) is 65.7 Å². The highest BCUT2D eigenvalue weighted by Crippen LogP contribution is 2.60. The number of ether oxygens (including phenoxy) is 3. The molecule has 5 rings (SSSR count). The van der Waals surface area contributed by atoms with Crippen LogP contribution in [0.4, 0.5) is 9.18 Å². The summed E-state index contributed by atoms with van der Waals surface area (Å²) >= 11 is 0. The smallest absolute Gasteiger partial charge is 0.410 e. The molecule has 0 aromatic rings. The summed E-state index contributed by atoms with van der Waals surface area (Å²) in [5, 5.41) is 0. The fourth-order valence-electron chi connectivity index (χ4n) is 6.02. The quantitative estimate of drug-likeness (QED) is 0.432. The van der Waals surface area contributed by atoms with Crippen LogP contribution >= 0.6 is 0 Å². The standard InChI is InChI=1S/C25H39FN2O4/c1-17(2)4-5-21-24(3,31-21)22-25(32-22)10-6-20(7-11-25)30-23(29)28-14-18(15-28)8-12-27-13-9-19(26)16-27/h4,18-22H,5-16H2,1-3H3/t19-,20?,21+,22?,24+,25?/m0/s1. The summed E-state index contributed by atoms with van der Waals surface area (Å²) in [5.41, 5.74) is 1.11. The van der Waals surface area contributed by atoms with E-state index in [-0.39, 0.29) is 35.6 Å². The predicted molar refractivity (Wildman–Crippen MR) is 119 cm³/mol. The van der Waals surface area contributed by atoms with Crippen molar-refractivity contribution in [2.75, 3.05) is 32.7 Å². The van der Waals surface area contributed by atoms with Gasteiger partial charge in [-0.2, -0.15) is 0 Å². The van der Waals surface area contributed by atoms with E-state index in [4.69, 9.17) is 14.2 Å². The first-order valence-corrected chi connectivity index (χ1v) is 12.6. The maximum absolute atomic E-state index is 13.3. The van der Waals surface area contributed by atoms with Gasteiger partial charge in [-0.15, -0.1) is 0 Å². The average Bonchev–Trinajstić information content (AvgIpc) is 3.55. The van der Waals surface area contributed by atoms with E-state index in [1.54, 1.807) is 0 Å². The molecule has 1 saturated carbocycles. The molecular formula is C25H39FN2O4. The highest BCUT2D eigenvalue weighted by Gasteiger charge is 2.73. The van der Waals surface area contributed by atoms with Crippen LogP contribution in [0.2, 0.25) is 0 Å². The molecule has 1 unspecified atom stereocenters. The fourth-order valence-corrected chi connectivity index (χ4v) is 6.02. The van der Waals surface area contributed by atoms with Gasteiger partial charge < -0.3 is 24.0 Å². The lowest BCUT2D eigenvalue weighted by atomic mass is 9.80. The lowest BCUT2D eigenvalue weighted by Gasteiger charge is -2.40. The van der Waals surface area contributed by atoms with E-state index >= 15 is 0 Å². The number of carbonyl (C=O) groups excluding carboxylic acids is 1. The van der Waals surface area contributed by atoms with Crippen LogP contribution in [0, 0.1) is 5.92 Å². The number of rotatable bonds is 7. The van der Waals surface area contributed by atoms with Gasteiger partial charge in [-0.1, -0.05) is 11.6 Å². The number of alkyl halides is 1. The molecule has 0 bridgehead atoms. The van der Waals surface area contributed by atoms with Crippen molar-refractivity contribution in [3.8, 4) is 0 Å². The molecule has 6 nitrogen and oxygen atoms in total. The first-order valence-electron chi connectivity index (χ1n) is 12.6. The minimum Gasteiger partial charge on any atom is -0.446 e. The van der Waals surface area contributed by atoms with Crippen molar-refractivity contribution in [2.24, 2.45) is 5.92 Å². The molecule has 4 aliphatic heterocycles. The molecule has 5 aliphatic rings. The maximum Gasteiger partial charge on any atom is 0.410 e. The topological polar surface area (TPSA) is 57.8 Å². The van der Waals surface area contributed by atoms with Crippen LogP contribution in [-0.2, 0) is 14.2 Å². The number of epoxide rings is 2. The normalized spacial score (nSPS) is 41.4. The minimum absolute atomic E-state index is 0.00230. The van der Waals surface area contributed by atoms with E-state index in [1.807, 2.05) is 4.90 Å². The fraction of sp³-hybridized carbons (Fsp3) is 0.880. The summed E-state index contributed by atoms with van der Waals surface area (Å²) < 4.78 is 31.3. The van der Waals surface area contributed by atoms with E-state index in [0.717, 1.165) is 64.7 Å². The van der Waals surface area contributed by atoms with Crippen molar-refractivity contribution in [3.63, 3.8) is 0 Å². The second kappa shape index (κ2) is 8.55. The number of likely N-dealkylation sites (tertiary alicyclic amines) is 2. The van der Waals surface area contributed by atoms with Crippen molar-refractivity contribution in [1.82, 2.24) is 9.80 Å². The van der Waals surface area contributed by atoms with Gasteiger partial charge in [0.25, 0.3) is 0 Å². The molecule has 4 saturated heterocycles. The third kappa shape index (κ3) is 4.58. The maximum atomic E-state index is 13.3. The highest BCUT2D eigenvalue weighted by atomic mass is 19.1. The Morgan fingerprint density at radius 1 is 1.16 bits per heavy atom. The van der Waals surface area contributed by atoms with Crippen LogP contribution in [-0.4, -0.2) is 84.3 Å². The lowest BCUT2D eigenvalue weighted by molar-refractivity contribution is 0.00521. The summed E-state index contributed by atoms with van der Waals surface area (Å²) in [6.07, 6.45) is 8.15. The Morgan fingerprint density at radius 2 is 1.91 bits per heavy atom. The van der Waals surface area contributed by atoms with Gasteiger partial charge in [-0.05, 0) is 78.2 Å². The summed E-state index contributed by atoms with van der Waals surface area (Å²) in [7, 11) is 0. The van der Waals surface area contributed by atoms with Gasteiger partial charge in [0, 0.05) is 26.2 Å². The predicted octanol–water partition coefficient (Wildman–Crippen LogP) is 4.08. The zero-order valence-corrected chi connectivity index (χ0v) is 19.9. The molecule has 1 amide bonds. The van der Waals surface area contributed by atoms with Crippen LogP contribution in [0.3, 0.4) is 0 Å². The number of allylic oxidation sites excluding steroid dienone is 1. The molecule has 0 aromatic heterocycles. The lowest BCUT2D eigenvalue weighted by Crippen LogP contribution is -2.51. The number of nitrogens with zero attached hydrogens (tertiary/aromatic N) is 2. The van der Waals surface area contributed by atoms with Crippen molar-refractivity contribution < 1.29 is 23.4 Å². The molecular weight excluding hydrogens is 411 g/mol. The second-order valence-electron chi connectivity index (χ2n) is 11.2. The first kappa shape index (κ1) is 22.6. The largest absolute Gasteiger partial charge is 0.446 e. The molecule has 180 valence electrons.